The molecule has 0 bridgehead atoms. The quantitative estimate of drug-likeness (QED) is 0.916. The molecule has 0 aliphatic carbocycles. The van der Waals surface area contributed by atoms with E-state index in [2.05, 4.69) is 4.98 Å². The summed E-state index contributed by atoms with van der Waals surface area (Å²) < 4.78 is 5.35. The smallest absolute Gasteiger partial charge is 0.142 e. The Morgan fingerprint density at radius 2 is 2.00 bits per heavy atom. The lowest BCUT2D eigenvalue weighted by atomic mass is 10.1. The van der Waals surface area contributed by atoms with Crippen LogP contribution in [0.25, 0.3) is 0 Å². The Morgan fingerprint density at radius 1 is 1.26 bits per heavy atom. The number of hydrogen-bond acceptors (Lipinski definition) is 4. The van der Waals surface area contributed by atoms with Crippen LogP contribution in [0, 0.1) is 0 Å². The second-order valence-electron chi connectivity index (χ2n) is 4.35. The van der Waals surface area contributed by atoms with E-state index in [0.717, 1.165) is 22.8 Å². The van der Waals surface area contributed by atoms with Crippen LogP contribution in [0.5, 0.6) is 5.75 Å². The molecule has 4 nitrogen and oxygen atoms in total. The number of ether oxygens (including phenoxy) is 1. The van der Waals surface area contributed by atoms with Crippen LogP contribution in [0.2, 0.25) is 0 Å². The molecule has 2 rings (SSSR count). The van der Waals surface area contributed by atoms with E-state index < -0.39 is 6.10 Å². The molecular formula is C15H18N2O2. The first kappa shape index (κ1) is 13.4. The molecule has 0 aliphatic rings. The fraction of sp³-hybridized carbons (Fsp3) is 0.267. The van der Waals surface area contributed by atoms with Gasteiger partial charge in [-0.05, 0) is 36.8 Å². The molecule has 1 aromatic heterocycles. The number of aromatic nitrogens is 1. The molecule has 0 saturated heterocycles. The van der Waals surface area contributed by atoms with Gasteiger partial charge in [0.1, 0.15) is 11.6 Å². The average molecular weight is 258 g/mol. The Labute approximate surface area is 113 Å². The number of hydrogen-bond donors (Lipinski definition) is 1. The van der Waals surface area contributed by atoms with Gasteiger partial charge in [0.2, 0.25) is 0 Å². The first-order chi connectivity index (χ1) is 9.13. The minimum atomic E-state index is -0.507. The zero-order chi connectivity index (χ0) is 13.8. The van der Waals surface area contributed by atoms with Crippen LogP contribution in [0.15, 0.2) is 42.6 Å². The van der Waals surface area contributed by atoms with E-state index in [4.69, 9.17) is 4.74 Å². The number of benzene rings is 1. The Hall–Kier alpha value is -2.07. The van der Waals surface area contributed by atoms with Gasteiger partial charge in [0, 0.05) is 13.2 Å². The molecule has 2 aromatic rings. The van der Waals surface area contributed by atoms with Crippen molar-refractivity contribution in [3.8, 4) is 5.75 Å². The molecule has 0 radical (unpaired) electrons. The van der Waals surface area contributed by atoms with Crippen LogP contribution in [-0.4, -0.2) is 24.2 Å². The van der Waals surface area contributed by atoms with Crippen molar-refractivity contribution in [3.63, 3.8) is 0 Å². The Kier molecular flexibility index (Phi) is 4.02. The number of rotatable bonds is 4. The number of nitrogens with zero attached hydrogens (tertiary/aromatic N) is 2. The number of pyridine rings is 1. The summed E-state index contributed by atoms with van der Waals surface area (Å²) in [6, 6.07) is 11.4. The molecule has 19 heavy (non-hydrogen) atoms. The van der Waals surface area contributed by atoms with Crippen LogP contribution < -0.4 is 9.64 Å². The van der Waals surface area contributed by atoms with E-state index >= 15 is 0 Å². The van der Waals surface area contributed by atoms with E-state index in [1.807, 2.05) is 48.3 Å². The molecule has 4 heteroatoms. The van der Waals surface area contributed by atoms with Crippen molar-refractivity contribution in [3.05, 3.63) is 48.2 Å². The molecule has 0 aliphatic heterocycles. The first-order valence-electron chi connectivity index (χ1n) is 6.14. The van der Waals surface area contributed by atoms with Gasteiger partial charge in [-0.15, -0.1) is 0 Å². The average Bonchev–Trinajstić information content (AvgIpc) is 2.46. The minimum Gasteiger partial charge on any atom is -0.495 e. The second kappa shape index (κ2) is 5.71. The molecule has 1 heterocycles. The third-order valence-electron chi connectivity index (χ3n) is 3.04. The zero-order valence-electron chi connectivity index (χ0n) is 11.4. The molecule has 0 amide bonds. The highest BCUT2D eigenvalue weighted by atomic mass is 16.5. The van der Waals surface area contributed by atoms with Gasteiger partial charge in [0.25, 0.3) is 0 Å². The van der Waals surface area contributed by atoms with Gasteiger partial charge >= 0.3 is 0 Å². The maximum absolute atomic E-state index is 9.63. The van der Waals surface area contributed by atoms with Crippen molar-refractivity contribution in [2.75, 3.05) is 19.1 Å². The third kappa shape index (κ3) is 2.85. The summed E-state index contributed by atoms with van der Waals surface area (Å²) in [6.45, 7) is 1.74. The van der Waals surface area contributed by atoms with Crippen LogP contribution in [0.3, 0.4) is 0 Å². The van der Waals surface area contributed by atoms with Crippen molar-refractivity contribution in [2.24, 2.45) is 0 Å². The number of methoxy groups -OCH3 is 1. The molecule has 0 spiro atoms. The van der Waals surface area contributed by atoms with E-state index in [1.54, 1.807) is 20.2 Å². The highest BCUT2D eigenvalue weighted by Gasteiger charge is 2.11. The molecule has 0 saturated carbocycles. The van der Waals surface area contributed by atoms with E-state index in [1.165, 1.54) is 0 Å². The summed E-state index contributed by atoms with van der Waals surface area (Å²) >= 11 is 0. The Balaban J connectivity index is 2.38. The van der Waals surface area contributed by atoms with Crippen LogP contribution >= 0.6 is 0 Å². The first-order valence-corrected chi connectivity index (χ1v) is 6.14. The van der Waals surface area contributed by atoms with Gasteiger partial charge < -0.3 is 14.7 Å². The molecule has 100 valence electrons. The Bertz CT molecular complexity index is 555. The lowest BCUT2D eigenvalue weighted by Gasteiger charge is -2.21. The van der Waals surface area contributed by atoms with Gasteiger partial charge in [-0.3, -0.25) is 0 Å². The third-order valence-corrected chi connectivity index (χ3v) is 3.04. The van der Waals surface area contributed by atoms with Crippen LogP contribution in [-0.2, 0) is 0 Å². The monoisotopic (exact) mass is 258 g/mol. The van der Waals surface area contributed by atoms with Crippen molar-refractivity contribution < 1.29 is 9.84 Å². The topological polar surface area (TPSA) is 45.6 Å². The largest absolute Gasteiger partial charge is 0.495 e. The molecule has 1 unspecified atom stereocenters. The Morgan fingerprint density at radius 3 is 2.68 bits per heavy atom. The van der Waals surface area contributed by atoms with Gasteiger partial charge in [-0.1, -0.05) is 12.1 Å². The number of anilines is 2. The van der Waals surface area contributed by atoms with Crippen LogP contribution in [0.1, 0.15) is 18.6 Å². The van der Waals surface area contributed by atoms with Crippen molar-refractivity contribution in [1.82, 2.24) is 4.98 Å². The minimum absolute atomic E-state index is 0.507. The molecular weight excluding hydrogens is 240 g/mol. The van der Waals surface area contributed by atoms with Crippen molar-refractivity contribution >= 4 is 11.5 Å². The van der Waals surface area contributed by atoms with E-state index in [-0.39, 0.29) is 0 Å². The van der Waals surface area contributed by atoms with E-state index in [9.17, 15) is 5.11 Å². The fourth-order valence-electron chi connectivity index (χ4n) is 1.91. The number of aliphatic hydroxyl groups excluding tert-OH is 1. The van der Waals surface area contributed by atoms with Crippen molar-refractivity contribution in [2.45, 2.75) is 13.0 Å². The highest BCUT2D eigenvalue weighted by Crippen LogP contribution is 2.31. The molecule has 0 fully saturated rings. The lowest BCUT2D eigenvalue weighted by Crippen LogP contribution is -2.12. The van der Waals surface area contributed by atoms with E-state index in [0.29, 0.717) is 0 Å². The molecule has 1 N–H and O–H groups in total. The standard InChI is InChI=1S/C15H18N2O2/c1-11(18)12-8-9-16-15(10-12)17(2)13-6-4-5-7-14(13)19-3/h4-11,18H,1-3H3. The summed E-state index contributed by atoms with van der Waals surface area (Å²) in [5.41, 5.74) is 1.77. The zero-order valence-corrected chi connectivity index (χ0v) is 11.4. The van der Waals surface area contributed by atoms with Gasteiger partial charge in [-0.2, -0.15) is 0 Å². The number of aliphatic hydroxyl groups is 1. The summed E-state index contributed by atoms with van der Waals surface area (Å²) in [6.07, 6.45) is 1.19. The lowest BCUT2D eigenvalue weighted by molar-refractivity contribution is 0.199. The van der Waals surface area contributed by atoms with Gasteiger partial charge in [-0.25, -0.2) is 4.98 Å². The fourth-order valence-corrected chi connectivity index (χ4v) is 1.91. The van der Waals surface area contributed by atoms with Gasteiger partial charge in [0.05, 0.1) is 18.9 Å². The maximum Gasteiger partial charge on any atom is 0.142 e. The SMILES string of the molecule is COc1ccccc1N(C)c1cc(C(C)O)ccn1. The van der Waals surface area contributed by atoms with Crippen LogP contribution in [0.4, 0.5) is 11.5 Å². The summed E-state index contributed by atoms with van der Waals surface area (Å²) in [7, 11) is 3.57. The molecule has 1 atom stereocenters. The summed E-state index contributed by atoms with van der Waals surface area (Å²) in [4.78, 5) is 6.27. The second-order valence-corrected chi connectivity index (χ2v) is 4.35. The van der Waals surface area contributed by atoms with Gasteiger partial charge in [0.15, 0.2) is 0 Å². The summed E-state index contributed by atoms with van der Waals surface area (Å²) in [5.74, 6) is 1.55. The van der Waals surface area contributed by atoms with Crippen molar-refractivity contribution in [1.29, 1.82) is 0 Å². The molecule has 1 aromatic carbocycles. The highest BCUT2D eigenvalue weighted by molar-refractivity contribution is 5.66. The predicted octanol–water partition coefficient (Wildman–Crippen LogP) is 2.91. The maximum atomic E-state index is 9.63. The normalized spacial score (nSPS) is 12.0. The summed E-state index contributed by atoms with van der Waals surface area (Å²) in [5, 5.41) is 9.63. The number of para-hydroxylation sites is 2. The predicted molar refractivity (Wildman–Crippen MR) is 75.9 cm³/mol.